The van der Waals surface area contributed by atoms with E-state index < -0.39 is 0 Å². The number of rotatable bonds is 8. The molecule has 0 aromatic heterocycles. The van der Waals surface area contributed by atoms with Crippen LogP contribution in [0.25, 0.3) is 32.7 Å². The van der Waals surface area contributed by atoms with E-state index in [0.717, 1.165) is 90.5 Å². The van der Waals surface area contributed by atoms with Crippen molar-refractivity contribution in [3.05, 3.63) is 201 Å². The first-order chi connectivity index (χ1) is 23.6. The maximum Gasteiger partial charge on any atom is 0.150 e. The van der Waals surface area contributed by atoms with Crippen LogP contribution in [0.15, 0.2) is 146 Å². The molecule has 0 bridgehead atoms. The first-order valence-electron chi connectivity index (χ1n) is 15.5. The van der Waals surface area contributed by atoms with Crippen molar-refractivity contribution in [2.75, 3.05) is 0 Å². The summed E-state index contributed by atoms with van der Waals surface area (Å²) in [4.78, 5) is 46.3. The highest BCUT2D eigenvalue weighted by atomic mass is 16.1. The summed E-state index contributed by atoms with van der Waals surface area (Å²) in [7, 11) is 0. The van der Waals surface area contributed by atoms with Crippen LogP contribution >= 0.6 is 0 Å². The molecule has 0 radical (unpaired) electrons. The smallest absolute Gasteiger partial charge is 0.150 e. The van der Waals surface area contributed by atoms with Gasteiger partial charge >= 0.3 is 0 Å². The van der Waals surface area contributed by atoms with Crippen LogP contribution in [0.4, 0.5) is 0 Å². The Bertz CT molecular complexity index is 2130. The van der Waals surface area contributed by atoms with Gasteiger partial charge in [-0.15, -0.1) is 0 Å². The predicted octanol–water partition coefficient (Wildman–Crippen LogP) is 7.74. The van der Waals surface area contributed by atoms with Crippen molar-refractivity contribution in [2.24, 2.45) is 0 Å². The normalized spacial score (nSPS) is 10.8. The maximum absolute atomic E-state index is 11.6. The minimum absolute atomic E-state index is 0.583. The number of benzene rings is 7. The van der Waals surface area contributed by atoms with Crippen molar-refractivity contribution in [3.8, 4) is 0 Å². The topological polar surface area (TPSA) is 68.3 Å². The molecule has 0 aliphatic rings. The van der Waals surface area contributed by atoms with E-state index >= 15 is 0 Å². The van der Waals surface area contributed by atoms with E-state index in [9.17, 15) is 19.2 Å². The van der Waals surface area contributed by atoms with Gasteiger partial charge < -0.3 is 0 Å². The van der Waals surface area contributed by atoms with Crippen LogP contribution in [0.1, 0.15) is 63.7 Å². The monoisotopic (exact) mass is 620 g/mol. The number of fused-ring (bicyclic) bond motifs is 2. The molecule has 0 aliphatic carbocycles. The van der Waals surface area contributed by atoms with E-state index in [0.29, 0.717) is 22.3 Å². The Hall–Kier alpha value is -6.52. The summed E-state index contributed by atoms with van der Waals surface area (Å²) in [5.41, 5.74) is 7.99. The molecule has 0 unspecified atom stereocenters. The van der Waals surface area contributed by atoms with Gasteiger partial charge in [0, 0.05) is 22.3 Å². The molecule has 0 aliphatic heterocycles. The molecular formula is C44H28O4. The molecule has 7 rings (SSSR count). The molecule has 4 heteroatoms. The number of carbonyl (C=O) groups is 4. The lowest BCUT2D eigenvalue weighted by molar-refractivity contribution is 0.111. The second-order valence-corrected chi connectivity index (χ2v) is 11.6. The van der Waals surface area contributed by atoms with Gasteiger partial charge in [0.15, 0.2) is 0 Å². The molecule has 228 valence electrons. The van der Waals surface area contributed by atoms with Crippen LogP contribution in [0.5, 0.6) is 0 Å². The highest BCUT2D eigenvalue weighted by molar-refractivity contribution is 6.07. The zero-order valence-electron chi connectivity index (χ0n) is 25.8. The highest BCUT2D eigenvalue weighted by Crippen LogP contribution is 2.28. The van der Waals surface area contributed by atoms with Gasteiger partial charge in [-0.25, -0.2) is 0 Å². The minimum Gasteiger partial charge on any atom is -0.298 e. The number of aldehydes is 4. The SMILES string of the molecule is O=Cc1ccc(C(c2ccc(C=O)cc2)=c2c3ccccc3c(=C(c3ccc(C=O)cc3)c3ccc(C=O)cc3)c3ccccc23)cc1. The lowest BCUT2D eigenvalue weighted by atomic mass is 9.86. The van der Waals surface area contributed by atoms with Gasteiger partial charge in [-0.3, -0.25) is 19.2 Å². The summed E-state index contributed by atoms with van der Waals surface area (Å²) in [6.07, 6.45) is 3.34. The first kappa shape index (κ1) is 30.2. The molecule has 4 nitrogen and oxygen atoms in total. The minimum atomic E-state index is 0.583. The number of hydrogen-bond acceptors (Lipinski definition) is 4. The van der Waals surface area contributed by atoms with E-state index in [-0.39, 0.29) is 0 Å². The van der Waals surface area contributed by atoms with Gasteiger partial charge in [-0.1, -0.05) is 146 Å². The molecule has 0 atom stereocenters. The van der Waals surface area contributed by atoms with Crippen molar-refractivity contribution < 1.29 is 19.2 Å². The van der Waals surface area contributed by atoms with Gasteiger partial charge in [0.2, 0.25) is 0 Å². The van der Waals surface area contributed by atoms with E-state index in [1.165, 1.54) is 0 Å². The van der Waals surface area contributed by atoms with Crippen LogP contribution in [0.3, 0.4) is 0 Å². The lowest BCUT2D eigenvalue weighted by Crippen LogP contribution is -2.21. The third kappa shape index (κ3) is 5.46. The summed E-state index contributed by atoms with van der Waals surface area (Å²) < 4.78 is 0. The summed E-state index contributed by atoms with van der Waals surface area (Å²) in [5, 5.41) is 6.13. The maximum atomic E-state index is 11.6. The van der Waals surface area contributed by atoms with Gasteiger partial charge in [0.25, 0.3) is 0 Å². The Morgan fingerprint density at radius 3 is 0.688 bits per heavy atom. The molecule has 0 N–H and O–H groups in total. The van der Waals surface area contributed by atoms with Crippen LogP contribution in [0.2, 0.25) is 0 Å². The summed E-state index contributed by atoms with van der Waals surface area (Å²) in [6.45, 7) is 0. The van der Waals surface area contributed by atoms with Crippen LogP contribution < -0.4 is 10.4 Å². The molecular weight excluding hydrogens is 592 g/mol. The summed E-state index contributed by atoms with van der Waals surface area (Å²) >= 11 is 0. The second-order valence-electron chi connectivity index (χ2n) is 11.6. The average Bonchev–Trinajstić information content (AvgIpc) is 3.16. The Kier molecular flexibility index (Phi) is 8.21. The Morgan fingerprint density at radius 2 is 0.500 bits per heavy atom. The van der Waals surface area contributed by atoms with E-state index in [4.69, 9.17) is 0 Å². The number of carbonyl (C=O) groups excluding carboxylic acids is 4. The van der Waals surface area contributed by atoms with Crippen molar-refractivity contribution in [2.45, 2.75) is 0 Å². The zero-order chi connectivity index (χ0) is 33.0. The Balaban J connectivity index is 1.74. The molecule has 7 aromatic carbocycles. The van der Waals surface area contributed by atoms with Crippen LogP contribution in [-0.2, 0) is 0 Å². The summed E-state index contributed by atoms with van der Waals surface area (Å²) in [6, 6.07) is 46.9. The molecule has 0 heterocycles. The van der Waals surface area contributed by atoms with E-state index in [2.05, 4.69) is 24.3 Å². The van der Waals surface area contributed by atoms with E-state index in [1.807, 2.05) is 121 Å². The van der Waals surface area contributed by atoms with Crippen molar-refractivity contribution in [1.82, 2.24) is 0 Å². The summed E-state index contributed by atoms with van der Waals surface area (Å²) in [5.74, 6) is 0. The number of hydrogen-bond donors (Lipinski definition) is 0. The highest BCUT2D eigenvalue weighted by Gasteiger charge is 2.17. The molecule has 0 amide bonds. The standard InChI is InChI=1S/C44H28O4/c45-25-29-9-17-33(18-10-29)41(34-19-11-30(26-46)12-20-34)43-37-5-1-2-6-38(37)44(40-8-4-3-7-39(40)43)42(35-21-13-31(27-47)14-22-35)36-23-15-32(28-48)16-24-36/h1-28H. The third-order valence-electron chi connectivity index (χ3n) is 8.77. The van der Waals surface area contributed by atoms with Gasteiger partial charge in [0.05, 0.1) is 0 Å². The van der Waals surface area contributed by atoms with Crippen molar-refractivity contribution >= 4 is 57.8 Å². The fraction of sp³-hybridized carbons (Fsp3) is 0. The molecule has 48 heavy (non-hydrogen) atoms. The fourth-order valence-corrected chi connectivity index (χ4v) is 6.49. The van der Waals surface area contributed by atoms with Crippen LogP contribution in [0, 0.1) is 0 Å². The molecule has 0 saturated heterocycles. The fourth-order valence-electron chi connectivity index (χ4n) is 6.49. The third-order valence-corrected chi connectivity index (χ3v) is 8.77. The molecule has 0 fully saturated rings. The van der Waals surface area contributed by atoms with Crippen molar-refractivity contribution in [1.29, 1.82) is 0 Å². The first-order valence-corrected chi connectivity index (χ1v) is 15.5. The Morgan fingerprint density at radius 1 is 0.292 bits per heavy atom. The van der Waals surface area contributed by atoms with Gasteiger partial charge in [-0.2, -0.15) is 0 Å². The molecule has 7 aromatic rings. The van der Waals surface area contributed by atoms with Gasteiger partial charge in [-0.05, 0) is 65.4 Å². The average molecular weight is 621 g/mol. The van der Waals surface area contributed by atoms with Crippen molar-refractivity contribution in [3.63, 3.8) is 0 Å². The van der Waals surface area contributed by atoms with Crippen LogP contribution in [-0.4, -0.2) is 25.1 Å². The zero-order valence-corrected chi connectivity index (χ0v) is 25.8. The quantitative estimate of drug-likeness (QED) is 0.129. The van der Waals surface area contributed by atoms with E-state index in [1.54, 1.807) is 0 Å². The Labute approximate surface area is 276 Å². The predicted molar refractivity (Wildman–Crippen MR) is 191 cm³/mol. The lowest BCUT2D eigenvalue weighted by Gasteiger charge is -2.17. The largest absolute Gasteiger partial charge is 0.298 e. The van der Waals surface area contributed by atoms with Gasteiger partial charge in [0.1, 0.15) is 25.1 Å². The molecule has 0 saturated carbocycles. The second kappa shape index (κ2) is 13.1. The molecule has 0 spiro atoms.